The summed E-state index contributed by atoms with van der Waals surface area (Å²) in [7, 11) is 3.88. The van der Waals surface area contributed by atoms with Gasteiger partial charge in [-0.25, -0.2) is 0 Å². The normalized spacial score (nSPS) is 15.8. The summed E-state index contributed by atoms with van der Waals surface area (Å²) in [6.07, 6.45) is 4.86. The minimum atomic E-state index is -0.0237. The van der Waals surface area contributed by atoms with Gasteiger partial charge >= 0.3 is 0 Å². The number of hydrogen-bond acceptors (Lipinski definition) is 3. The SMILES string of the molecule is CCCC1(CNC(=O)c2ccc(N(C)C)c(N)c2)CC1. The van der Waals surface area contributed by atoms with Crippen LogP contribution in [-0.2, 0) is 0 Å². The topological polar surface area (TPSA) is 58.4 Å². The monoisotopic (exact) mass is 275 g/mol. The van der Waals surface area contributed by atoms with Gasteiger partial charge in [0, 0.05) is 26.2 Å². The predicted molar refractivity (Wildman–Crippen MR) is 84.1 cm³/mol. The number of nitrogens with two attached hydrogens (primary N) is 1. The molecule has 0 aromatic heterocycles. The van der Waals surface area contributed by atoms with Crippen LogP contribution >= 0.6 is 0 Å². The molecular weight excluding hydrogens is 250 g/mol. The molecule has 0 atom stereocenters. The van der Waals surface area contributed by atoms with Gasteiger partial charge < -0.3 is 16.0 Å². The van der Waals surface area contributed by atoms with Crippen LogP contribution in [0.1, 0.15) is 43.0 Å². The fourth-order valence-electron chi connectivity index (χ4n) is 2.70. The predicted octanol–water partition coefficient (Wildman–Crippen LogP) is 2.64. The van der Waals surface area contributed by atoms with E-state index in [1.54, 1.807) is 6.07 Å². The van der Waals surface area contributed by atoms with Crippen molar-refractivity contribution in [3.63, 3.8) is 0 Å². The molecule has 1 aliphatic carbocycles. The smallest absolute Gasteiger partial charge is 0.251 e. The van der Waals surface area contributed by atoms with Crippen molar-refractivity contribution in [1.82, 2.24) is 5.32 Å². The molecule has 20 heavy (non-hydrogen) atoms. The standard InChI is InChI=1S/C16H25N3O/c1-4-7-16(8-9-16)11-18-15(20)12-5-6-14(19(2)3)13(17)10-12/h5-6,10H,4,7-9,11,17H2,1-3H3,(H,18,20). The van der Waals surface area contributed by atoms with Crippen LogP contribution in [0.3, 0.4) is 0 Å². The summed E-state index contributed by atoms with van der Waals surface area (Å²) in [5.41, 5.74) is 8.57. The van der Waals surface area contributed by atoms with Crippen molar-refractivity contribution in [3.05, 3.63) is 23.8 Å². The molecule has 0 spiro atoms. The summed E-state index contributed by atoms with van der Waals surface area (Å²) in [6.45, 7) is 2.98. The molecule has 110 valence electrons. The van der Waals surface area contributed by atoms with Crippen LogP contribution in [0.4, 0.5) is 11.4 Å². The Morgan fingerprint density at radius 2 is 2.10 bits per heavy atom. The molecule has 0 saturated heterocycles. The van der Waals surface area contributed by atoms with Gasteiger partial charge in [0.25, 0.3) is 5.91 Å². The zero-order valence-corrected chi connectivity index (χ0v) is 12.7. The van der Waals surface area contributed by atoms with Crippen LogP contribution < -0.4 is 16.0 Å². The number of carbonyl (C=O) groups is 1. The fourth-order valence-corrected chi connectivity index (χ4v) is 2.70. The van der Waals surface area contributed by atoms with Crippen LogP contribution in [0.15, 0.2) is 18.2 Å². The van der Waals surface area contributed by atoms with E-state index in [4.69, 9.17) is 5.73 Å². The number of rotatable bonds is 6. The minimum absolute atomic E-state index is 0.0237. The lowest BCUT2D eigenvalue weighted by atomic mass is 10.0. The van der Waals surface area contributed by atoms with Crippen molar-refractivity contribution in [2.75, 3.05) is 31.3 Å². The molecule has 0 bridgehead atoms. The molecule has 1 fully saturated rings. The van der Waals surface area contributed by atoms with E-state index in [1.165, 1.54) is 25.7 Å². The molecule has 1 aromatic rings. The third kappa shape index (κ3) is 3.24. The van der Waals surface area contributed by atoms with Crippen LogP contribution in [0.5, 0.6) is 0 Å². The van der Waals surface area contributed by atoms with E-state index in [-0.39, 0.29) is 5.91 Å². The van der Waals surface area contributed by atoms with Crippen molar-refractivity contribution in [2.24, 2.45) is 5.41 Å². The minimum Gasteiger partial charge on any atom is -0.397 e. The van der Waals surface area contributed by atoms with Crippen LogP contribution in [0.2, 0.25) is 0 Å². The molecule has 3 N–H and O–H groups in total. The van der Waals surface area contributed by atoms with Gasteiger partial charge in [0.2, 0.25) is 0 Å². The second-order valence-electron chi connectivity index (χ2n) is 6.10. The quantitative estimate of drug-likeness (QED) is 0.785. The number of carbonyl (C=O) groups excluding carboxylic acids is 1. The number of nitrogens with zero attached hydrogens (tertiary/aromatic N) is 1. The number of nitrogen functional groups attached to an aromatic ring is 1. The number of anilines is 2. The lowest BCUT2D eigenvalue weighted by Gasteiger charge is -2.17. The molecule has 0 heterocycles. The summed E-state index contributed by atoms with van der Waals surface area (Å²) in [4.78, 5) is 14.1. The molecule has 0 unspecified atom stereocenters. The second kappa shape index (κ2) is 5.73. The van der Waals surface area contributed by atoms with Gasteiger partial charge in [-0.2, -0.15) is 0 Å². The average Bonchev–Trinajstić information content (AvgIpc) is 3.16. The molecule has 1 amide bonds. The van der Waals surface area contributed by atoms with Gasteiger partial charge in [0.15, 0.2) is 0 Å². The van der Waals surface area contributed by atoms with Gasteiger partial charge in [-0.15, -0.1) is 0 Å². The van der Waals surface area contributed by atoms with Crippen LogP contribution in [0.25, 0.3) is 0 Å². The Labute approximate surface area is 121 Å². The first-order valence-electron chi connectivity index (χ1n) is 7.32. The van der Waals surface area contributed by atoms with Gasteiger partial charge in [-0.3, -0.25) is 4.79 Å². The summed E-state index contributed by atoms with van der Waals surface area (Å²) in [6, 6.07) is 5.48. The van der Waals surface area contributed by atoms with Gasteiger partial charge in [-0.05, 0) is 42.9 Å². The highest BCUT2D eigenvalue weighted by Gasteiger charge is 2.41. The Morgan fingerprint density at radius 1 is 1.40 bits per heavy atom. The van der Waals surface area contributed by atoms with E-state index < -0.39 is 0 Å². The van der Waals surface area contributed by atoms with Crippen molar-refractivity contribution in [2.45, 2.75) is 32.6 Å². The average molecular weight is 275 g/mol. The highest BCUT2D eigenvalue weighted by Crippen LogP contribution is 2.48. The molecule has 2 rings (SSSR count). The Hall–Kier alpha value is -1.71. The molecule has 1 aromatic carbocycles. The van der Waals surface area contributed by atoms with Gasteiger partial charge in [-0.1, -0.05) is 13.3 Å². The van der Waals surface area contributed by atoms with Crippen LogP contribution in [0, 0.1) is 5.41 Å². The maximum atomic E-state index is 12.2. The van der Waals surface area contributed by atoms with E-state index in [0.717, 1.165) is 12.2 Å². The number of hydrogen-bond donors (Lipinski definition) is 2. The summed E-state index contributed by atoms with van der Waals surface area (Å²) >= 11 is 0. The number of nitrogens with one attached hydrogen (secondary N) is 1. The van der Waals surface area contributed by atoms with Crippen molar-refractivity contribution >= 4 is 17.3 Å². The molecule has 1 saturated carbocycles. The summed E-state index contributed by atoms with van der Waals surface area (Å²) in [5, 5.41) is 3.05. The van der Waals surface area contributed by atoms with Crippen LogP contribution in [-0.4, -0.2) is 26.5 Å². The zero-order valence-electron chi connectivity index (χ0n) is 12.7. The van der Waals surface area contributed by atoms with E-state index in [2.05, 4.69) is 12.2 Å². The number of amides is 1. The summed E-state index contributed by atoms with van der Waals surface area (Å²) < 4.78 is 0. The first-order valence-corrected chi connectivity index (χ1v) is 7.32. The summed E-state index contributed by atoms with van der Waals surface area (Å²) in [5.74, 6) is -0.0237. The molecule has 0 radical (unpaired) electrons. The molecule has 4 heteroatoms. The first kappa shape index (κ1) is 14.7. The Kier molecular flexibility index (Phi) is 4.21. The second-order valence-corrected chi connectivity index (χ2v) is 6.10. The number of benzene rings is 1. The van der Waals surface area contributed by atoms with E-state index >= 15 is 0 Å². The highest BCUT2D eigenvalue weighted by atomic mass is 16.1. The van der Waals surface area contributed by atoms with Gasteiger partial charge in [0.1, 0.15) is 0 Å². The Morgan fingerprint density at radius 3 is 2.60 bits per heavy atom. The molecular formula is C16H25N3O. The van der Waals surface area contributed by atoms with Gasteiger partial charge in [0.05, 0.1) is 11.4 Å². The third-order valence-electron chi connectivity index (χ3n) is 4.13. The lowest BCUT2D eigenvalue weighted by molar-refractivity contribution is 0.0944. The lowest BCUT2D eigenvalue weighted by Crippen LogP contribution is -2.30. The van der Waals surface area contributed by atoms with E-state index in [1.807, 2.05) is 31.1 Å². The van der Waals surface area contributed by atoms with E-state index in [0.29, 0.717) is 16.7 Å². The third-order valence-corrected chi connectivity index (χ3v) is 4.13. The zero-order chi connectivity index (χ0) is 14.8. The molecule has 0 aliphatic heterocycles. The maximum absolute atomic E-state index is 12.2. The fraction of sp³-hybridized carbons (Fsp3) is 0.562. The first-order chi connectivity index (χ1) is 9.47. The van der Waals surface area contributed by atoms with Crippen molar-refractivity contribution < 1.29 is 4.79 Å². The van der Waals surface area contributed by atoms with Crippen molar-refractivity contribution in [1.29, 1.82) is 0 Å². The molecule has 1 aliphatic rings. The largest absolute Gasteiger partial charge is 0.397 e. The Balaban J connectivity index is 1.98. The maximum Gasteiger partial charge on any atom is 0.251 e. The molecule has 4 nitrogen and oxygen atoms in total. The van der Waals surface area contributed by atoms with Crippen molar-refractivity contribution in [3.8, 4) is 0 Å². The Bertz CT molecular complexity index is 492. The highest BCUT2D eigenvalue weighted by molar-refractivity contribution is 5.96. The van der Waals surface area contributed by atoms with E-state index in [9.17, 15) is 4.79 Å².